The quantitative estimate of drug-likeness (QED) is 0.190. The first-order chi connectivity index (χ1) is 19.9. The molecule has 1 N–H and O–H groups in total. The van der Waals surface area contributed by atoms with E-state index < -0.39 is 28.5 Å². The number of halogens is 4. The highest BCUT2D eigenvalue weighted by atomic mass is 35.5. The van der Waals surface area contributed by atoms with E-state index in [1.54, 1.807) is 37.3 Å². The minimum Gasteiger partial charge on any atom is -0.354 e. The van der Waals surface area contributed by atoms with Crippen molar-refractivity contribution in [3.8, 4) is 0 Å². The zero-order chi connectivity index (χ0) is 31.0. The van der Waals surface area contributed by atoms with Crippen LogP contribution in [0.5, 0.6) is 0 Å². The maximum absolute atomic E-state index is 14.2. The molecule has 226 valence electrons. The van der Waals surface area contributed by atoms with Crippen LogP contribution in [0.2, 0.25) is 20.1 Å². The van der Waals surface area contributed by atoms with Gasteiger partial charge in [-0.1, -0.05) is 90.4 Å². The van der Waals surface area contributed by atoms with Crippen LogP contribution < -0.4 is 9.62 Å². The minimum absolute atomic E-state index is 0.0259. The molecule has 42 heavy (non-hydrogen) atoms. The molecular weight excluding hydrogens is 640 g/mol. The fourth-order valence-electron chi connectivity index (χ4n) is 4.33. The molecule has 0 saturated heterocycles. The highest BCUT2D eigenvalue weighted by Gasteiger charge is 2.34. The van der Waals surface area contributed by atoms with Crippen LogP contribution >= 0.6 is 46.4 Å². The number of nitrogens with one attached hydrogen (secondary N) is 1. The summed E-state index contributed by atoms with van der Waals surface area (Å²) in [4.78, 5) is 28.8. The van der Waals surface area contributed by atoms with Crippen molar-refractivity contribution in [1.29, 1.82) is 0 Å². The predicted octanol–water partition coefficient (Wildman–Crippen LogP) is 7.53. The Labute approximate surface area is 267 Å². The van der Waals surface area contributed by atoms with Crippen LogP contribution in [0.4, 0.5) is 5.69 Å². The van der Waals surface area contributed by atoms with Crippen molar-refractivity contribution in [2.45, 2.75) is 57.5 Å². The van der Waals surface area contributed by atoms with E-state index in [-0.39, 0.29) is 39.5 Å². The average molecular weight is 673 g/mol. The molecular formula is C30H33Cl4N3O4S. The number of carbonyl (C=O) groups excluding carboxylic acids is 2. The van der Waals surface area contributed by atoms with Gasteiger partial charge >= 0.3 is 0 Å². The van der Waals surface area contributed by atoms with Gasteiger partial charge in [-0.15, -0.1) is 0 Å². The summed E-state index contributed by atoms with van der Waals surface area (Å²) in [6.45, 7) is 5.29. The Morgan fingerprint density at radius 1 is 0.905 bits per heavy atom. The van der Waals surface area contributed by atoms with Gasteiger partial charge in [0, 0.05) is 38.7 Å². The van der Waals surface area contributed by atoms with E-state index in [1.807, 2.05) is 13.8 Å². The number of amides is 2. The van der Waals surface area contributed by atoms with Gasteiger partial charge in [-0.3, -0.25) is 13.9 Å². The Hall–Kier alpha value is -2.49. The van der Waals surface area contributed by atoms with Crippen LogP contribution in [0, 0.1) is 6.92 Å². The summed E-state index contributed by atoms with van der Waals surface area (Å²) < 4.78 is 28.9. The molecule has 0 saturated carbocycles. The second-order valence-electron chi connectivity index (χ2n) is 9.74. The number of hydrogen-bond acceptors (Lipinski definition) is 4. The fourth-order valence-corrected chi connectivity index (χ4v) is 6.76. The van der Waals surface area contributed by atoms with Crippen LogP contribution in [-0.4, -0.2) is 44.3 Å². The van der Waals surface area contributed by atoms with Gasteiger partial charge in [0.1, 0.15) is 12.6 Å². The predicted molar refractivity (Wildman–Crippen MR) is 171 cm³/mol. The first kappa shape index (κ1) is 34.0. The number of sulfonamides is 1. The van der Waals surface area contributed by atoms with Crippen molar-refractivity contribution in [1.82, 2.24) is 10.2 Å². The van der Waals surface area contributed by atoms with Crippen LogP contribution in [-0.2, 0) is 26.2 Å². The molecule has 0 aliphatic carbocycles. The van der Waals surface area contributed by atoms with Gasteiger partial charge in [-0.2, -0.15) is 0 Å². The van der Waals surface area contributed by atoms with Gasteiger partial charge in [0.15, 0.2) is 0 Å². The summed E-state index contributed by atoms with van der Waals surface area (Å²) in [5.74, 6) is -1.00. The summed E-state index contributed by atoms with van der Waals surface area (Å²) in [6, 6.07) is 14.6. The molecule has 0 spiro atoms. The Kier molecular flexibility index (Phi) is 12.4. The maximum atomic E-state index is 14.2. The summed E-state index contributed by atoms with van der Waals surface area (Å²) in [5, 5.41) is 3.89. The third-order valence-corrected chi connectivity index (χ3v) is 9.56. The molecule has 0 radical (unpaired) electrons. The fraction of sp³-hybridized carbons (Fsp3) is 0.333. The lowest BCUT2D eigenvalue weighted by Crippen LogP contribution is -2.52. The lowest BCUT2D eigenvalue weighted by molar-refractivity contribution is -0.140. The van der Waals surface area contributed by atoms with Gasteiger partial charge in [0.25, 0.3) is 10.0 Å². The van der Waals surface area contributed by atoms with E-state index in [2.05, 4.69) is 5.32 Å². The van der Waals surface area contributed by atoms with Crippen molar-refractivity contribution < 1.29 is 18.0 Å². The molecule has 1 unspecified atom stereocenters. The molecule has 7 nitrogen and oxygen atoms in total. The van der Waals surface area contributed by atoms with Crippen molar-refractivity contribution >= 4 is 73.9 Å². The van der Waals surface area contributed by atoms with Crippen molar-refractivity contribution in [2.24, 2.45) is 0 Å². The van der Waals surface area contributed by atoms with Crippen molar-refractivity contribution in [3.63, 3.8) is 0 Å². The molecule has 3 rings (SSSR count). The average Bonchev–Trinajstić information content (AvgIpc) is 2.92. The molecule has 0 aliphatic heterocycles. The molecule has 0 aromatic heterocycles. The number of aryl methyl sites for hydroxylation is 1. The molecule has 0 fully saturated rings. The Balaban J connectivity index is 2.11. The van der Waals surface area contributed by atoms with E-state index in [1.165, 1.54) is 35.2 Å². The van der Waals surface area contributed by atoms with E-state index in [4.69, 9.17) is 46.4 Å². The Morgan fingerprint density at radius 3 is 2.05 bits per heavy atom. The molecule has 0 heterocycles. The summed E-state index contributed by atoms with van der Waals surface area (Å²) in [7, 11) is -4.28. The van der Waals surface area contributed by atoms with Gasteiger partial charge in [0.2, 0.25) is 11.8 Å². The first-order valence-corrected chi connectivity index (χ1v) is 16.4. The zero-order valence-corrected chi connectivity index (χ0v) is 27.4. The number of carbonyl (C=O) groups is 2. The summed E-state index contributed by atoms with van der Waals surface area (Å²) in [6.07, 6.45) is 1.91. The SMILES string of the molecule is CCCCNC(=O)C(CC)N(Cc1c(Cl)cccc1Cl)C(=O)CN(c1cc(Cl)cc(Cl)c1)S(=O)(=O)c1ccc(C)cc1. The molecule has 2 amide bonds. The topological polar surface area (TPSA) is 86.8 Å². The lowest BCUT2D eigenvalue weighted by Gasteiger charge is -2.33. The highest BCUT2D eigenvalue weighted by molar-refractivity contribution is 7.92. The Morgan fingerprint density at radius 2 is 1.50 bits per heavy atom. The molecule has 0 bridgehead atoms. The summed E-state index contributed by atoms with van der Waals surface area (Å²) >= 11 is 25.4. The largest absolute Gasteiger partial charge is 0.354 e. The highest BCUT2D eigenvalue weighted by Crippen LogP contribution is 2.31. The minimum atomic E-state index is -4.28. The van der Waals surface area contributed by atoms with Crippen LogP contribution in [0.15, 0.2) is 65.6 Å². The van der Waals surface area contributed by atoms with Gasteiger partial charge in [0.05, 0.1) is 10.6 Å². The lowest BCUT2D eigenvalue weighted by atomic mass is 10.1. The molecule has 3 aromatic rings. The molecule has 3 aromatic carbocycles. The third kappa shape index (κ3) is 8.54. The van der Waals surface area contributed by atoms with E-state index in [9.17, 15) is 18.0 Å². The van der Waals surface area contributed by atoms with E-state index in [0.29, 0.717) is 22.2 Å². The molecule has 0 aliphatic rings. The smallest absolute Gasteiger partial charge is 0.264 e. The number of benzene rings is 3. The normalized spacial score (nSPS) is 12.1. The third-order valence-electron chi connectivity index (χ3n) is 6.63. The first-order valence-electron chi connectivity index (χ1n) is 13.4. The van der Waals surface area contributed by atoms with Crippen LogP contribution in [0.1, 0.15) is 44.2 Å². The van der Waals surface area contributed by atoms with Gasteiger partial charge < -0.3 is 10.2 Å². The van der Waals surface area contributed by atoms with E-state index in [0.717, 1.165) is 22.7 Å². The number of unbranched alkanes of at least 4 members (excludes halogenated alkanes) is 1. The molecule has 1 atom stereocenters. The van der Waals surface area contributed by atoms with Gasteiger partial charge in [-0.05, 0) is 62.2 Å². The molecule has 12 heteroatoms. The number of nitrogens with zero attached hydrogens (tertiary/aromatic N) is 2. The van der Waals surface area contributed by atoms with Crippen molar-refractivity contribution in [3.05, 3.63) is 91.9 Å². The van der Waals surface area contributed by atoms with Crippen LogP contribution in [0.3, 0.4) is 0 Å². The van der Waals surface area contributed by atoms with Crippen molar-refractivity contribution in [2.75, 3.05) is 17.4 Å². The number of hydrogen-bond donors (Lipinski definition) is 1. The second kappa shape index (κ2) is 15.3. The summed E-state index contributed by atoms with van der Waals surface area (Å²) in [5.41, 5.74) is 1.40. The monoisotopic (exact) mass is 671 g/mol. The number of anilines is 1. The standard InChI is InChI=1S/C30H33Cl4N3O4S/c1-4-6-14-35-30(39)28(5-2)36(18-25-26(33)8-7-9-27(25)34)29(38)19-37(23-16-21(31)15-22(32)17-23)42(40,41)24-12-10-20(3)11-13-24/h7-13,15-17,28H,4-6,14,18-19H2,1-3H3,(H,35,39). The Bertz CT molecular complexity index is 1480. The van der Waals surface area contributed by atoms with E-state index >= 15 is 0 Å². The zero-order valence-electron chi connectivity index (χ0n) is 23.5. The second-order valence-corrected chi connectivity index (χ2v) is 13.3. The van der Waals surface area contributed by atoms with Gasteiger partial charge in [-0.25, -0.2) is 8.42 Å². The number of rotatable bonds is 13. The maximum Gasteiger partial charge on any atom is 0.264 e. The van der Waals surface area contributed by atoms with Crippen LogP contribution in [0.25, 0.3) is 0 Å².